The number of H-pyrrole nitrogens is 1. The second-order valence-corrected chi connectivity index (χ2v) is 4.78. The predicted molar refractivity (Wildman–Crippen MR) is 78.2 cm³/mol. The third kappa shape index (κ3) is 3.63. The second kappa shape index (κ2) is 7.15. The first-order valence-electron chi connectivity index (χ1n) is 6.58. The summed E-state index contributed by atoms with van der Waals surface area (Å²) in [6, 6.07) is 0.983. The van der Waals surface area contributed by atoms with Crippen LogP contribution in [0.4, 0.5) is 0 Å². The summed E-state index contributed by atoms with van der Waals surface area (Å²) in [5.74, 6) is -0.240. The minimum Gasteiger partial charge on any atom is -0.468 e. The van der Waals surface area contributed by atoms with Gasteiger partial charge < -0.3 is 15.4 Å². The first kappa shape index (κ1) is 16.8. The van der Waals surface area contributed by atoms with Gasteiger partial charge in [-0.2, -0.15) is 9.78 Å². The van der Waals surface area contributed by atoms with E-state index in [1.807, 2.05) is 0 Å². The average molecular weight is 343 g/mol. The van der Waals surface area contributed by atoms with E-state index in [0.717, 1.165) is 0 Å². The zero-order valence-corrected chi connectivity index (χ0v) is 12.9. The summed E-state index contributed by atoms with van der Waals surface area (Å²) in [5, 5.41) is 23.1. The minimum absolute atomic E-state index is 0. The molecular formula is C11H15ClN8O3. The maximum absolute atomic E-state index is 12.1. The van der Waals surface area contributed by atoms with Gasteiger partial charge in [-0.3, -0.25) is 14.7 Å². The molecule has 2 aromatic heterocycles. The molecule has 1 amide bonds. The van der Waals surface area contributed by atoms with Gasteiger partial charge in [0.1, 0.15) is 18.1 Å². The highest BCUT2D eigenvalue weighted by Crippen LogP contribution is 2.10. The van der Waals surface area contributed by atoms with Crippen molar-refractivity contribution in [2.24, 2.45) is 0 Å². The third-order valence-electron chi connectivity index (χ3n) is 3.34. The van der Waals surface area contributed by atoms with Crippen molar-refractivity contribution in [2.45, 2.75) is 18.5 Å². The molecule has 3 N–H and O–H groups in total. The highest BCUT2D eigenvalue weighted by Gasteiger charge is 2.31. The fourth-order valence-corrected chi connectivity index (χ4v) is 2.24. The molecule has 1 aliphatic rings. The lowest BCUT2D eigenvalue weighted by molar-refractivity contribution is -0.142. The Hall–Kier alpha value is -2.53. The van der Waals surface area contributed by atoms with E-state index in [1.165, 1.54) is 24.2 Å². The van der Waals surface area contributed by atoms with Gasteiger partial charge in [-0.15, -0.1) is 17.5 Å². The first-order valence-corrected chi connectivity index (χ1v) is 6.58. The Balaban J connectivity index is 0.00000192. The van der Waals surface area contributed by atoms with E-state index in [9.17, 15) is 9.59 Å². The Morgan fingerprint density at radius 1 is 1.48 bits per heavy atom. The largest absolute Gasteiger partial charge is 0.468 e. The predicted octanol–water partition coefficient (Wildman–Crippen LogP) is -1.56. The van der Waals surface area contributed by atoms with Crippen LogP contribution < -0.4 is 10.6 Å². The number of hydrogen-bond acceptors (Lipinski definition) is 8. The van der Waals surface area contributed by atoms with Crippen LogP contribution in [0.2, 0.25) is 0 Å². The number of methoxy groups -OCH3 is 1. The van der Waals surface area contributed by atoms with Gasteiger partial charge in [0, 0.05) is 18.7 Å². The van der Waals surface area contributed by atoms with Crippen molar-refractivity contribution >= 4 is 24.3 Å². The number of ether oxygens (including phenoxy) is 1. The first-order chi connectivity index (χ1) is 10.7. The van der Waals surface area contributed by atoms with Gasteiger partial charge in [0.15, 0.2) is 5.82 Å². The Morgan fingerprint density at radius 2 is 2.30 bits per heavy atom. The Labute approximate surface area is 136 Å². The fraction of sp³-hybridized carbons (Fsp3) is 0.455. The maximum atomic E-state index is 12.1. The van der Waals surface area contributed by atoms with Crippen LogP contribution in [-0.4, -0.2) is 68.0 Å². The molecule has 1 aliphatic heterocycles. The highest BCUT2D eigenvalue weighted by molar-refractivity contribution is 5.93. The maximum Gasteiger partial charge on any atom is 0.322 e. The number of tetrazole rings is 1. The smallest absolute Gasteiger partial charge is 0.322 e. The number of nitrogens with one attached hydrogen (secondary N) is 3. The molecule has 3 rings (SSSR count). The van der Waals surface area contributed by atoms with Gasteiger partial charge >= 0.3 is 5.97 Å². The standard InChI is InChI=1S/C11H14N8O3.ClH/c1-22-11(21)8-2-6(4-12-8)14-10(20)7-3-9(16-15-7)19-5-13-17-18-19;/h3,5-6,8,12H,2,4H2,1H3,(H,14,20)(H,15,16);1H/t6-,8-;/m0./s1. The van der Waals surface area contributed by atoms with E-state index < -0.39 is 6.04 Å². The highest BCUT2D eigenvalue weighted by atomic mass is 35.5. The summed E-state index contributed by atoms with van der Waals surface area (Å²) in [4.78, 5) is 23.6. The molecule has 1 saturated heterocycles. The Kier molecular flexibility index (Phi) is 5.24. The van der Waals surface area contributed by atoms with E-state index in [4.69, 9.17) is 0 Å². The Bertz CT molecular complexity index is 673. The van der Waals surface area contributed by atoms with Gasteiger partial charge in [0.2, 0.25) is 0 Å². The lowest BCUT2D eigenvalue weighted by Crippen LogP contribution is -2.36. The molecular weight excluding hydrogens is 328 g/mol. The normalized spacial score (nSPS) is 19.9. The number of amides is 1. The molecule has 0 radical (unpaired) electrons. The van der Waals surface area contributed by atoms with Gasteiger partial charge in [0.25, 0.3) is 5.91 Å². The van der Waals surface area contributed by atoms with Crippen LogP contribution in [0.15, 0.2) is 12.4 Å². The summed E-state index contributed by atoms with van der Waals surface area (Å²) < 4.78 is 6.00. The minimum atomic E-state index is -0.395. The molecule has 0 saturated carbocycles. The molecule has 3 heterocycles. The van der Waals surface area contributed by atoms with Crippen molar-refractivity contribution in [3.63, 3.8) is 0 Å². The van der Waals surface area contributed by atoms with Crippen molar-refractivity contribution in [1.29, 1.82) is 0 Å². The molecule has 1 fully saturated rings. The zero-order valence-electron chi connectivity index (χ0n) is 12.1. The molecule has 124 valence electrons. The lowest BCUT2D eigenvalue weighted by atomic mass is 10.1. The number of aromatic amines is 1. The van der Waals surface area contributed by atoms with Crippen molar-refractivity contribution in [3.8, 4) is 5.82 Å². The third-order valence-corrected chi connectivity index (χ3v) is 3.34. The molecule has 0 bridgehead atoms. The number of halogens is 1. The quantitative estimate of drug-likeness (QED) is 0.567. The van der Waals surface area contributed by atoms with Crippen LogP contribution in [0.25, 0.3) is 5.82 Å². The van der Waals surface area contributed by atoms with E-state index in [1.54, 1.807) is 0 Å². The molecule has 11 nitrogen and oxygen atoms in total. The number of hydrogen-bond donors (Lipinski definition) is 3. The van der Waals surface area contributed by atoms with Crippen LogP contribution in [0.5, 0.6) is 0 Å². The van der Waals surface area contributed by atoms with Gasteiger partial charge in [0.05, 0.1) is 7.11 Å². The van der Waals surface area contributed by atoms with Crippen LogP contribution in [0.1, 0.15) is 16.9 Å². The number of esters is 1. The summed E-state index contributed by atoms with van der Waals surface area (Å²) in [6.45, 7) is 0.500. The molecule has 0 aromatic carbocycles. The van der Waals surface area contributed by atoms with Crippen molar-refractivity contribution in [3.05, 3.63) is 18.1 Å². The van der Waals surface area contributed by atoms with Crippen molar-refractivity contribution in [2.75, 3.05) is 13.7 Å². The molecule has 23 heavy (non-hydrogen) atoms. The molecule has 0 unspecified atom stereocenters. The van der Waals surface area contributed by atoms with Crippen molar-refractivity contribution < 1.29 is 14.3 Å². The van der Waals surface area contributed by atoms with Crippen molar-refractivity contribution in [1.82, 2.24) is 41.0 Å². The second-order valence-electron chi connectivity index (χ2n) is 4.78. The number of carbonyl (C=O) groups is 2. The van der Waals surface area contributed by atoms with Crippen LogP contribution >= 0.6 is 12.4 Å². The number of carbonyl (C=O) groups excluding carboxylic acids is 2. The topological polar surface area (TPSA) is 140 Å². The molecule has 0 spiro atoms. The number of aromatic nitrogens is 6. The molecule has 12 heteroatoms. The fourth-order valence-electron chi connectivity index (χ4n) is 2.24. The van der Waals surface area contributed by atoms with Crippen LogP contribution in [0, 0.1) is 0 Å². The monoisotopic (exact) mass is 342 g/mol. The Morgan fingerprint density at radius 3 is 3.00 bits per heavy atom. The number of nitrogens with zero attached hydrogens (tertiary/aromatic N) is 5. The molecule has 0 aliphatic carbocycles. The molecule has 2 aromatic rings. The SMILES string of the molecule is COC(=O)[C@@H]1C[C@H](NC(=O)c2cc(-n3cnnn3)n[nH]2)CN1.Cl. The molecule has 2 atom stereocenters. The van der Waals surface area contributed by atoms with E-state index >= 15 is 0 Å². The number of rotatable bonds is 4. The van der Waals surface area contributed by atoms with E-state index in [0.29, 0.717) is 18.8 Å². The van der Waals surface area contributed by atoms with E-state index in [-0.39, 0.29) is 36.0 Å². The van der Waals surface area contributed by atoms with Crippen LogP contribution in [0.3, 0.4) is 0 Å². The summed E-state index contributed by atoms with van der Waals surface area (Å²) in [7, 11) is 1.33. The van der Waals surface area contributed by atoms with Gasteiger partial charge in [-0.1, -0.05) is 0 Å². The average Bonchev–Trinajstić information content (AvgIpc) is 3.25. The summed E-state index contributed by atoms with van der Waals surface area (Å²) in [5.41, 5.74) is 0.284. The van der Waals surface area contributed by atoms with Crippen LogP contribution in [-0.2, 0) is 9.53 Å². The zero-order chi connectivity index (χ0) is 15.5. The van der Waals surface area contributed by atoms with Gasteiger partial charge in [-0.25, -0.2) is 0 Å². The van der Waals surface area contributed by atoms with Gasteiger partial charge in [-0.05, 0) is 16.8 Å². The summed E-state index contributed by atoms with van der Waals surface area (Å²) >= 11 is 0. The van der Waals surface area contributed by atoms with E-state index in [2.05, 4.69) is 41.1 Å². The lowest BCUT2D eigenvalue weighted by Gasteiger charge is -2.10. The summed E-state index contributed by atoms with van der Waals surface area (Å²) in [6.07, 6.45) is 1.85.